The van der Waals surface area contributed by atoms with Gasteiger partial charge in [-0.2, -0.15) is 0 Å². The lowest BCUT2D eigenvalue weighted by Crippen LogP contribution is -2.08. The molecule has 0 saturated heterocycles. The molecule has 1 unspecified atom stereocenters. The number of carboxylic acids is 1. The summed E-state index contributed by atoms with van der Waals surface area (Å²) < 4.78 is 0. The highest BCUT2D eigenvalue weighted by atomic mass is 16.4. The predicted octanol–water partition coefficient (Wildman–Crippen LogP) is 0.870. The van der Waals surface area contributed by atoms with E-state index >= 15 is 0 Å². The average Bonchev–Trinajstić information content (AvgIpc) is 1.86. The Hall–Kier alpha value is -0.570. The van der Waals surface area contributed by atoms with Gasteiger partial charge in [0.1, 0.15) is 0 Å². The molecule has 0 saturated carbocycles. The molecule has 0 spiro atoms. The molecule has 60 valence electrons. The number of carbonyl (C=O) groups is 1. The zero-order chi connectivity index (χ0) is 7.98. The van der Waals surface area contributed by atoms with Crippen LogP contribution in [0.4, 0.5) is 0 Å². The molecule has 0 aromatic rings. The zero-order valence-electron chi connectivity index (χ0n) is 6.21. The van der Waals surface area contributed by atoms with Crippen molar-refractivity contribution < 1.29 is 15.0 Å². The van der Waals surface area contributed by atoms with Gasteiger partial charge in [-0.25, -0.2) is 0 Å². The van der Waals surface area contributed by atoms with Gasteiger partial charge in [-0.15, -0.1) is 0 Å². The van der Waals surface area contributed by atoms with Gasteiger partial charge in [0.2, 0.25) is 0 Å². The van der Waals surface area contributed by atoms with Crippen molar-refractivity contribution in [1.82, 2.24) is 0 Å². The third-order valence-corrected chi connectivity index (χ3v) is 1.58. The molecule has 1 atom stereocenters. The Bertz CT molecular complexity index is 101. The molecule has 0 aromatic carbocycles. The number of rotatable bonds is 5. The fourth-order valence-electron chi connectivity index (χ4n) is 0.880. The molecule has 0 rings (SSSR count). The van der Waals surface area contributed by atoms with Gasteiger partial charge in [-0.1, -0.05) is 13.3 Å². The van der Waals surface area contributed by atoms with Crippen LogP contribution in [0.15, 0.2) is 0 Å². The molecule has 0 aliphatic carbocycles. The summed E-state index contributed by atoms with van der Waals surface area (Å²) in [5, 5.41) is 16.8. The number of carboxylic acid groups (broad SMARTS) is 1. The number of aliphatic carboxylic acids is 1. The summed E-state index contributed by atoms with van der Waals surface area (Å²) in [5.41, 5.74) is 0. The summed E-state index contributed by atoms with van der Waals surface area (Å²) in [4.78, 5) is 10.2. The second-order valence-electron chi connectivity index (χ2n) is 2.38. The van der Waals surface area contributed by atoms with E-state index in [2.05, 4.69) is 0 Å². The molecular formula is C7H14O3. The van der Waals surface area contributed by atoms with Crippen molar-refractivity contribution in [2.24, 2.45) is 5.92 Å². The summed E-state index contributed by atoms with van der Waals surface area (Å²) in [7, 11) is 0. The van der Waals surface area contributed by atoms with Gasteiger partial charge < -0.3 is 10.2 Å². The van der Waals surface area contributed by atoms with Crippen LogP contribution < -0.4 is 0 Å². The van der Waals surface area contributed by atoms with E-state index in [1.165, 1.54) is 0 Å². The summed E-state index contributed by atoms with van der Waals surface area (Å²) in [5.74, 6) is -0.636. The Labute approximate surface area is 60.7 Å². The first-order valence-corrected chi connectivity index (χ1v) is 3.53. The van der Waals surface area contributed by atoms with E-state index in [0.717, 1.165) is 6.42 Å². The molecule has 2 N–H and O–H groups in total. The van der Waals surface area contributed by atoms with Crippen molar-refractivity contribution >= 4 is 5.97 Å². The van der Waals surface area contributed by atoms with E-state index in [1.54, 1.807) is 0 Å². The molecule has 0 fully saturated rings. The Morgan fingerprint density at radius 2 is 2.20 bits per heavy atom. The van der Waals surface area contributed by atoms with E-state index in [-0.39, 0.29) is 18.9 Å². The van der Waals surface area contributed by atoms with Crippen LogP contribution in [0.3, 0.4) is 0 Å². The van der Waals surface area contributed by atoms with Crippen LogP contribution in [0.5, 0.6) is 0 Å². The first-order chi connectivity index (χ1) is 4.70. The van der Waals surface area contributed by atoms with Crippen LogP contribution >= 0.6 is 0 Å². The number of hydrogen-bond donors (Lipinski definition) is 2. The zero-order valence-corrected chi connectivity index (χ0v) is 6.21. The van der Waals surface area contributed by atoms with Crippen molar-refractivity contribution in [3.63, 3.8) is 0 Å². The highest BCUT2D eigenvalue weighted by molar-refractivity contribution is 5.66. The second-order valence-corrected chi connectivity index (χ2v) is 2.38. The molecular weight excluding hydrogens is 132 g/mol. The van der Waals surface area contributed by atoms with Crippen molar-refractivity contribution in [1.29, 1.82) is 0 Å². The summed E-state index contributed by atoms with van der Waals surface area (Å²) >= 11 is 0. The molecule has 10 heavy (non-hydrogen) atoms. The molecule has 0 amide bonds. The first-order valence-electron chi connectivity index (χ1n) is 3.53. The highest BCUT2D eigenvalue weighted by Crippen LogP contribution is 2.11. The van der Waals surface area contributed by atoms with Crippen molar-refractivity contribution in [3.8, 4) is 0 Å². The smallest absolute Gasteiger partial charge is 0.303 e. The van der Waals surface area contributed by atoms with Gasteiger partial charge in [0.15, 0.2) is 0 Å². The minimum Gasteiger partial charge on any atom is -0.481 e. The maximum atomic E-state index is 10.2. The van der Waals surface area contributed by atoms with Gasteiger partial charge in [0.05, 0.1) is 0 Å². The summed E-state index contributed by atoms with van der Waals surface area (Å²) in [6.07, 6.45) is 1.60. The fourth-order valence-corrected chi connectivity index (χ4v) is 0.880. The van der Waals surface area contributed by atoms with E-state index in [1.807, 2.05) is 6.92 Å². The van der Waals surface area contributed by atoms with Gasteiger partial charge >= 0.3 is 5.97 Å². The molecule has 0 aromatic heterocycles. The van der Waals surface area contributed by atoms with Crippen molar-refractivity contribution in [2.75, 3.05) is 6.61 Å². The van der Waals surface area contributed by atoms with Crippen LogP contribution in [0, 0.1) is 5.92 Å². The molecule has 0 aliphatic rings. The summed E-state index contributed by atoms with van der Waals surface area (Å²) in [6, 6.07) is 0. The third-order valence-electron chi connectivity index (χ3n) is 1.58. The van der Waals surface area contributed by atoms with Gasteiger partial charge in [-0.3, -0.25) is 4.79 Å². The molecule has 0 bridgehead atoms. The van der Waals surface area contributed by atoms with E-state index < -0.39 is 5.97 Å². The number of aliphatic hydroxyl groups excluding tert-OH is 1. The fraction of sp³-hybridized carbons (Fsp3) is 0.857. The van der Waals surface area contributed by atoms with Gasteiger partial charge in [-0.05, 0) is 12.3 Å². The van der Waals surface area contributed by atoms with E-state index in [4.69, 9.17) is 10.2 Å². The maximum Gasteiger partial charge on any atom is 0.303 e. The Balaban J connectivity index is 3.49. The van der Waals surface area contributed by atoms with E-state index in [9.17, 15) is 4.79 Å². The SMILES string of the molecule is CCC(CCO)CC(=O)O. The predicted molar refractivity (Wildman–Crippen MR) is 37.7 cm³/mol. The van der Waals surface area contributed by atoms with Crippen LogP contribution in [-0.2, 0) is 4.79 Å². The minimum atomic E-state index is -0.777. The van der Waals surface area contributed by atoms with Crippen LogP contribution in [0.1, 0.15) is 26.2 Å². The van der Waals surface area contributed by atoms with Crippen LogP contribution in [0.2, 0.25) is 0 Å². The molecule has 0 radical (unpaired) electrons. The lowest BCUT2D eigenvalue weighted by atomic mass is 9.99. The van der Waals surface area contributed by atoms with Gasteiger partial charge in [0, 0.05) is 13.0 Å². The third kappa shape index (κ3) is 4.32. The molecule has 3 nitrogen and oxygen atoms in total. The lowest BCUT2D eigenvalue weighted by Gasteiger charge is -2.08. The molecule has 3 heteroatoms. The number of aliphatic hydroxyl groups is 1. The first kappa shape index (κ1) is 9.43. The van der Waals surface area contributed by atoms with Crippen molar-refractivity contribution in [2.45, 2.75) is 26.2 Å². The Kier molecular flexibility index (Phi) is 4.94. The molecule has 0 heterocycles. The minimum absolute atomic E-state index is 0.0891. The lowest BCUT2D eigenvalue weighted by molar-refractivity contribution is -0.138. The highest BCUT2D eigenvalue weighted by Gasteiger charge is 2.09. The largest absolute Gasteiger partial charge is 0.481 e. The van der Waals surface area contributed by atoms with Crippen LogP contribution in [-0.4, -0.2) is 22.8 Å². The normalized spacial score (nSPS) is 13.0. The number of hydrogen-bond acceptors (Lipinski definition) is 2. The summed E-state index contributed by atoms with van der Waals surface area (Å²) in [6.45, 7) is 2.02. The Morgan fingerprint density at radius 3 is 2.50 bits per heavy atom. The molecule has 0 aliphatic heterocycles. The van der Waals surface area contributed by atoms with Gasteiger partial charge in [0.25, 0.3) is 0 Å². The van der Waals surface area contributed by atoms with Crippen LogP contribution in [0.25, 0.3) is 0 Å². The standard InChI is InChI=1S/C7H14O3/c1-2-6(3-4-8)5-7(9)10/h6,8H,2-5H2,1H3,(H,9,10). The second kappa shape index (κ2) is 5.23. The Morgan fingerprint density at radius 1 is 1.60 bits per heavy atom. The van der Waals surface area contributed by atoms with Crippen molar-refractivity contribution in [3.05, 3.63) is 0 Å². The monoisotopic (exact) mass is 146 g/mol. The van der Waals surface area contributed by atoms with E-state index in [0.29, 0.717) is 6.42 Å². The average molecular weight is 146 g/mol. The quantitative estimate of drug-likeness (QED) is 0.605. The maximum absolute atomic E-state index is 10.2. The topological polar surface area (TPSA) is 57.5 Å².